The molecule has 0 aromatic heterocycles. The normalized spacial score (nSPS) is 46.0. The highest BCUT2D eigenvalue weighted by atomic mass is 79.9. The number of hydrogen-bond donors (Lipinski definition) is 4. The Morgan fingerprint density at radius 1 is 1.15 bits per heavy atom. The van der Waals surface area contributed by atoms with E-state index in [1.165, 1.54) is 0 Å². The van der Waals surface area contributed by atoms with Gasteiger partial charge in [0.2, 0.25) is 0 Å². The van der Waals surface area contributed by atoms with Crippen LogP contribution in [0, 0.1) is 0 Å². The number of aliphatic carboxylic acids is 1. The Balaban J connectivity index is 2.76. The Kier molecular flexibility index (Phi) is 3.25. The summed E-state index contributed by atoms with van der Waals surface area (Å²) in [7, 11) is 0. The molecule has 0 amide bonds. The van der Waals surface area contributed by atoms with Gasteiger partial charge < -0.3 is 25.2 Å². The third-order valence-electron chi connectivity index (χ3n) is 1.80. The van der Waals surface area contributed by atoms with Crippen LogP contribution in [0.4, 0.5) is 0 Å². The molecular weight excluding hydrogens is 248 g/mol. The van der Waals surface area contributed by atoms with Crippen molar-refractivity contribution in [1.82, 2.24) is 0 Å². The molecule has 0 aromatic carbocycles. The van der Waals surface area contributed by atoms with Crippen LogP contribution in [-0.4, -0.2) is 55.8 Å². The molecule has 7 heteroatoms. The number of alkyl halides is 1. The van der Waals surface area contributed by atoms with Gasteiger partial charge in [-0.05, 0) is 0 Å². The maximum absolute atomic E-state index is 10.5. The summed E-state index contributed by atoms with van der Waals surface area (Å²) in [5, 5.41) is 35.0. The molecule has 4 N–H and O–H groups in total. The first-order valence-electron chi connectivity index (χ1n) is 3.51. The Bertz CT molecular complexity index is 209. The van der Waals surface area contributed by atoms with Crippen LogP contribution in [-0.2, 0) is 9.53 Å². The molecule has 13 heavy (non-hydrogen) atoms. The molecule has 0 spiro atoms. The topological polar surface area (TPSA) is 107 Å². The van der Waals surface area contributed by atoms with Gasteiger partial charge in [-0.2, -0.15) is 0 Å². The molecule has 0 aliphatic carbocycles. The van der Waals surface area contributed by atoms with E-state index < -0.39 is 35.4 Å². The zero-order chi connectivity index (χ0) is 10.2. The van der Waals surface area contributed by atoms with E-state index in [2.05, 4.69) is 15.9 Å². The van der Waals surface area contributed by atoms with E-state index in [1.54, 1.807) is 0 Å². The van der Waals surface area contributed by atoms with Gasteiger partial charge in [-0.3, -0.25) is 0 Å². The van der Waals surface area contributed by atoms with Gasteiger partial charge >= 0.3 is 5.97 Å². The first-order chi connectivity index (χ1) is 5.95. The molecule has 0 aromatic rings. The average Bonchev–Trinajstić information content (AvgIpc) is 2.07. The maximum Gasteiger partial charge on any atom is 0.335 e. The Morgan fingerprint density at radius 3 is 2.15 bits per heavy atom. The molecule has 1 fully saturated rings. The number of carboxylic acids is 1. The second-order valence-corrected chi connectivity index (χ2v) is 3.62. The fourth-order valence-electron chi connectivity index (χ4n) is 1.04. The summed E-state index contributed by atoms with van der Waals surface area (Å²) in [5.74, 6) is -1.39. The minimum absolute atomic E-state index is 0.994. The van der Waals surface area contributed by atoms with Gasteiger partial charge in [-0.15, -0.1) is 0 Å². The third-order valence-corrected chi connectivity index (χ3v) is 2.56. The summed E-state index contributed by atoms with van der Waals surface area (Å²) in [4.78, 5) is 10.5. The van der Waals surface area contributed by atoms with Gasteiger partial charge in [0.1, 0.15) is 23.3 Å². The average molecular weight is 257 g/mol. The molecule has 76 valence electrons. The van der Waals surface area contributed by atoms with Gasteiger partial charge in [-0.25, -0.2) is 4.79 Å². The number of carbonyl (C=O) groups is 1. The molecule has 5 atom stereocenters. The fourth-order valence-corrected chi connectivity index (χ4v) is 1.59. The lowest BCUT2D eigenvalue weighted by Gasteiger charge is -2.36. The van der Waals surface area contributed by atoms with Gasteiger partial charge in [0.05, 0.1) is 0 Å². The number of rotatable bonds is 1. The van der Waals surface area contributed by atoms with E-state index in [-0.39, 0.29) is 0 Å². The molecule has 1 unspecified atom stereocenters. The van der Waals surface area contributed by atoms with Gasteiger partial charge in [-0.1, -0.05) is 15.9 Å². The molecule has 0 bridgehead atoms. The second-order valence-electron chi connectivity index (χ2n) is 2.72. The molecule has 1 aliphatic rings. The van der Waals surface area contributed by atoms with E-state index in [0.29, 0.717) is 0 Å². The monoisotopic (exact) mass is 256 g/mol. The van der Waals surface area contributed by atoms with Crippen LogP contribution >= 0.6 is 15.9 Å². The van der Waals surface area contributed by atoms with Crippen molar-refractivity contribution < 1.29 is 30.0 Å². The summed E-state index contributed by atoms with van der Waals surface area (Å²) in [6.07, 6.45) is -6.02. The minimum atomic E-state index is -1.62. The zero-order valence-electron chi connectivity index (χ0n) is 6.37. The van der Waals surface area contributed by atoms with Crippen molar-refractivity contribution in [2.45, 2.75) is 29.4 Å². The lowest BCUT2D eigenvalue weighted by Crippen LogP contribution is -2.58. The minimum Gasteiger partial charge on any atom is -0.479 e. The smallest absolute Gasteiger partial charge is 0.335 e. The number of halogens is 1. The van der Waals surface area contributed by atoms with Gasteiger partial charge in [0, 0.05) is 0 Å². The first kappa shape index (κ1) is 10.9. The van der Waals surface area contributed by atoms with Crippen molar-refractivity contribution in [2.75, 3.05) is 0 Å². The van der Waals surface area contributed by atoms with Gasteiger partial charge in [0.25, 0.3) is 0 Å². The number of aliphatic hydroxyl groups is 3. The molecule has 1 rings (SSSR count). The number of ether oxygens (including phenoxy) is 1. The van der Waals surface area contributed by atoms with E-state index in [0.717, 1.165) is 0 Å². The van der Waals surface area contributed by atoms with Crippen molar-refractivity contribution in [3.8, 4) is 0 Å². The molecule has 1 aliphatic heterocycles. The van der Waals surface area contributed by atoms with Crippen LogP contribution in [0.1, 0.15) is 0 Å². The number of hydrogen-bond acceptors (Lipinski definition) is 5. The van der Waals surface area contributed by atoms with Crippen LogP contribution in [0.3, 0.4) is 0 Å². The highest BCUT2D eigenvalue weighted by molar-refractivity contribution is 9.09. The molecule has 6 nitrogen and oxygen atoms in total. The zero-order valence-corrected chi connectivity index (χ0v) is 7.96. The first-order valence-corrected chi connectivity index (χ1v) is 4.43. The Hall–Kier alpha value is -0.210. The van der Waals surface area contributed by atoms with Crippen LogP contribution in [0.2, 0.25) is 0 Å². The lowest BCUT2D eigenvalue weighted by molar-refractivity contribution is -0.208. The van der Waals surface area contributed by atoms with Crippen molar-refractivity contribution in [1.29, 1.82) is 0 Å². The van der Waals surface area contributed by atoms with Crippen molar-refractivity contribution in [2.24, 2.45) is 0 Å². The third kappa shape index (κ3) is 2.00. The molecular formula is C6H9BrO6. The van der Waals surface area contributed by atoms with Crippen LogP contribution in [0.25, 0.3) is 0 Å². The predicted molar refractivity (Wildman–Crippen MR) is 43.2 cm³/mol. The number of aliphatic hydroxyl groups excluding tert-OH is 3. The summed E-state index contributed by atoms with van der Waals surface area (Å²) in [6.45, 7) is 0. The Labute approximate surface area is 81.9 Å². The highest BCUT2D eigenvalue weighted by Crippen LogP contribution is 2.24. The molecule has 1 heterocycles. The summed E-state index contributed by atoms with van der Waals surface area (Å²) in [5.41, 5.74) is 0. The largest absolute Gasteiger partial charge is 0.479 e. The van der Waals surface area contributed by atoms with Crippen LogP contribution < -0.4 is 0 Å². The fraction of sp³-hybridized carbons (Fsp3) is 0.833. The highest BCUT2D eigenvalue weighted by Gasteiger charge is 2.45. The molecule has 0 radical (unpaired) electrons. The van der Waals surface area contributed by atoms with E-state index in [4.69, 9.17) is 25.2 Å². The van der Waals surface area contributed by atoms with E-state index in [1.807, 2.05) is 0 Å². The Morgan fingerprint density at radius 2 is 1.69 bits per heavy atom. The summed E-state index contributed by atoms with van der Waals surface area (Å²) < 4.78 is 4.70. The van der Waals surface area contributed by atoms with Crippen LogP contribution in [0.15, 0.2) is 0 Å². The molecule has 1 saturated heterocycles. The van der Waals surface area contributed by atoms with Crippen LogP contribution in [0.5, 0.6) is 0 Å². The molecule has 0 saturated carbocycles. The number of carboxylic acid groups (broad SMARTS) is 1. The van der Waals surface area contributed by atoms with Gasteiger partial charge in [0.15, 0.2) is 6.10 Å². The van der Waals surface area contributed by atoms with Crippen molar-refractivity contribution in [3.63, 3.8) is 0 Å². The van der Waals surface area contributed by atoms with Crippen molar-refractivity contribution in [3.05, 3.63) is 0 Å². The van der Waals surface area contributed by atoms with E-state index >= 15 is 0 Å². The lowest BCUT2D eigenvalue weighted by atomic mass is 10.0. The van der Waals surface area contributed by atoms with Crippen molar-refractivity contribution >= 4 is 21.9 Å². The maximum atomic E-state index is 10.5. The standard InChI is InChI=1S/C6H9BrO6/c7-5-3(10)1(8)2(9)4(13-5)6(11)12/h1-5,8-10H,(H,11,12)/t1-,2-,3+,4-,5?/m0/s1. The SMILES string of the molecule is O=C(O)[C@H]1OC(Br)[C@H](O)[C@@H](O)[C@@H]1O. The van der Waals surface area contributed by atoms with E-state index in [9.17, 15) is 4.79 Å². The quantitative estimate of drug-likeness (QED) is 0.416. The summed E-state index contributed by atoms with van der Waals surface area (Å²) >= 11 is 2.82. The predicted octanol–water partition coefficient (Wildman–Crippen LogP) is -1.73. The summed E-state index contributed by atoms with van der Waals surface area (Å²) in [6, 6.07) is 0. The second kappa shape index (κ2) is 3.89.